The molecule has 1 heterocycles. The third-order valence-corrected chi connectivity index (χ3v) is 2.51. The number of hydrogen-bond acceptors (Lipinski definition) is 4. The number of aryl methyl sites for hydroxylation is 1. The van der Waals surface area contributed by atoms with Gasteiger partial charge >= 0.3 is 0 Å². The Morgan fingerprint density at radius 3 is 2.83 bits per heavy atom. The summed E-state index contributed by atoms with van der Waals surface area (Å²) < 4.78 is 9.96. The van der Waals surface area contributed by atoms with Gasteiger partial charge in [0, 0.05) is 11.1 Å². The van der Waals surface area contributed by atoms with Crippen LogP contribution in [-0.4, -0.2) is 18.2 Å². The first-order valence-corrected chi connectivity index (χ1v) is 5.56. The molecule has 0 unspecified atom stereocenters. The summed E-state index contributed by atoms with van der Waals surface area (Å²) in [5, 5.41) is 6.73. The van der Waals surface area contributed by atoms with E-state index in [0.29, 0.717) is 27.9 Å². The van der Waals surface area contributed by atoms with Gasteiger partial charge in [-0.25, -0.2) is 0 Å². The highest BCUT2D eigenvalue weighted by molar-refractivity contribution is 6.31. The number of anilines is 1. The number of hydrogen-bond donors (Lipinski definition) is 1. The van der Waals surface area contributed by atoms with Crippen LogP contribution in [0.3, 0.4) is 0 Å². The molecule has 0 fully saturated rings. The van der Waals surface area contributed by atoms with Gasteiger partial charge in [-0.2, -0.15) is 0 Å². The van der Waals surface area contributed by atoms with E-state index >= 15 is 0 Å². The second-order valence-corrected chi connectivity index (χ2v) is 4.06. The van der Waals surface area contributed by atoms with Gasteiger partial charge in [0.1, 0.15) is 11.5 Å². The molecule has 0 spiro atoms. The fourth-order valence-corrected chi connectivity index (χ4v) is 1.64. The fraction of sp³-hybridized carbons (Fsp3) is 0.167. The van der Waals surface area contributed by atoms with Gasteiger partial charge in [0.2, 0.25) is 0 Å². The van der Waals surface area contributed by atoms with E-state index in [9.17, 15) is 4.79 Å². The molecule has 6 heteroatoms. The Kier molecular flexibility index (Phi) is 3.53. The van der Waals surface area contributed by atoms with Crippen molar-refractivity contribution in [2.75, 3.05) is 12.4 Å². The molecule has 18 heavy (non-hydrogen) atoms. The van der Waals surface area contributed by atoms with Crippen LogP contribution >= 0.6 is 11.6 Å². The highest BCUT2D eigenvalue weighted by atomic mass is 35.5. The Bertz CT molecular complexity index is 580. The number of aromatic nitrogens is 1. The van der Waals surface area contributed by atoms with Crippen LogP contribution in [0.2, 0.25) is 5.02 Å². The van der Waals surface area contributed by atoms with Crippen molar-refractivity contribution in [3.05, 3.63) is 40.6 Å². The number of methoxy groups -OCH3 is 1. The van der Waals surface area contributed by atoms with E-state index in [1.165, 1.54) is 13.2 Å². The van der Waals surface area contributed by atoms with Gasteiger partial charge in [0.15, 0.2) is 5.82 Å². The van der Waals surface area contributed by atoms with Crippen molar-refractivity contribution in [1.82, 2.24) is 5.16 Å². The van der Waals surface area contributed by atoms with E-state index in [1.807, 2.05) is 0 Å². The molecule has 94 valence electrons. The molecule has 0 saturated heterocycles. The van der Waals surface area contributed by atoms with Crippen LogP contribution in [0.25, 0.3) is 0 Å². The number of amides is 1. The van der Waals surface area contributed by atoms with E-state index in [4.69, 9.17) is 20.9 Å². The van der Waals surface area contributed by atoms with Crippen LogP contribution in [0.15, 0.2) is 28.8 Å². The zero-order chi connectivity index (χ0) is 13.1. The zero-order valence-electron chi connectivity index (χ0n) is 9.86. The lowest BCUT2D eigenvalue weighted by Gasteiger charge is -2.07. The van der Waals surface area contributed by atoms with E-state index in [-0.39, 0.29) is 5.91 Å². The first-order chi connectivity index (χ1) is 8.60. The monoisotopic (exact) mass is 266 g/mol. The molecule has 0 aliphatic rings. The predicted molar refractivity (Wildman–Crippen MR) is 67.2 cm³/mol. The first kappa shape index (κ1) is 12.4. The normalized spacial score (nSPS) is 10.2. The summed E-state index contributed by atoms with van der Waals surface area (Å²) in [5.41, 5.74) is 0.339. The van der Waals surface area contributed by atoms with E-state index < -0.39 is 0 Å². The Hall–Kier alpha value is -2.01. The van der Waals surface area contributed by atoms with E-state index in [1.54, 1.807) is 25.1 Å². The van der Waals surface area contributed by atoms with Crippen molar-refractivity contribution in [2.45, 2.75) is 6.92 Å². The van der Waals surface area contributed by atoms with Gasteiger partial charge in [0.25, 0.3) is 5.91 Å². The molecular weight excluding hydrogens is 256 g/mol. The molecule has 1 amide bonds. The number of ether oxygens (including phenoxy) is 1. The molecule has 0 aliphatic heterocycles. The number of nitrogens with one attached hydrogen (secondary N) is 1. The molecule has 0 bridgehead atoms. The summed E-state index contributed by atoms with van der Waals surface area (Å²) in [4.78, 5) is 12.0. The van der Waals surface area contributed by atoms with Crippen molar-refractivity contribution in [2.24, 2.45) is 0 Å². The first-order valence-electron chi connectivity index (χ1n) is 5.18. The Morgan fingerprint density at radius 2 is 2.22 bits per heavy atom. The Balaban J connectivity index is 2.25. The largest absolute Gasteiger partial charge is 0.496 e. The summed E-state index contributed by atoms with van der Waals surface area (Å²) in [6.07, 6.45) is 0. The number of nitrogens with zero attached hydrogens (tertiary/aromatic N) is 1. The van der Waals surface area contributed by atoms with Crippen LogP contribution in [0.1, 0.15) is 16.1 Å². The quantitative estimate of drug-likeness (QED) is 0.928. The molecule has 5 nitrogen and oxygen atoms in total. The highest BCUT2D eigenvalue weighted by Crippen LogP contribution is 2.23. The summed E-state index contributed by atoms with van der Waals surface area (Å²) >= 11 is 5.86. The smallest absolute Gasteiger partial charge is 0.260 e. The second kappa shape index (κ2) is 5.10. The van der Waals surface area contributed by atoms with Crippen molar-refractivity contribution < 1.29 is 14.1 Å². The van der Waals surface area contributed by atoms with E-state index in [2.05, 4.69) is 10.5 Å². The van der Waals surface area contributed by atoms with Crippen LogP contribution in [0, 0.1) is 6.92 Å². The Morgan fingerprint density at radius 1 is 1.44 bits per heavy atom. The standard InChI is InChI=1S/C12H11ClN2O3/c1-7-5-11(15-18-7)14-12(16)9-6-8(13)3-4-10(9)17-2/h3-6H,1-2H3,(H,14,15,16). The molecule has 2 aromatic rings. The molecule has 1 aromatic heterocycles. The fourth-order valence-electron chi connectivity index (χ4n) is 1.47. The maximum absolute atomic E-state index is 12.0. The predicted octanol–water partition coefficient (Wildman–Crippen LogP) is 2.90. The number of halogens is 1. The number of benzene rings is 1. The van der Waals surface area contributed by atoms with Gasteiger partial charge in [-0.15, -0.1) is 0 Å². The van der Waals surface area contributed by atoms with Gasteiger partial charge in [0.05, 0.1) is 12.7 Å². The average molecular weight is 267 g/mol. The zero-order valence-corrected chi connectivity index (χ0v) is 10.6. The molecule has 0 radical (unpaired) electrons. The molecule has 0 atom stereocenters. The van der Waals surface area contributed by atoms with Crippen molar-refractivity contribution in [3.8, 4) is 5.75 Å². The maximum Gasteiger partial charge on any atom is 0.260 e. The maximum atomic E-state index is 12.0. The third kappa shape index (κ3) is 2.62. The number of carbonyl (C=O) groups excluding carboxylic acids is 1. The van der Waals surface area contributed by atoms with Crippen molar-refractivity contribution in [3.63, 3.8) is 0 Å². The topological polar surface area (TPSA) is 64.4 Å². The lowest BCUT2D eigenvalue weighted by Crippen LogP contribution is -2.13. The second-order valence-electron chi connectivity index (χ2n) is 3.62. The third-order valence-electron chi connectivity index (χ3n) is 2.28. The summed E-state index contributed by atoms with van der Waals surface area (Å²) in [6, 6.07) is 6.43. The minimum atomic E-state index is -0.359. The summed E-state index contributed by atoms with van der Waals surface area (Å²) in [6.45, 7) is 1.74. The Labute approximate surface area is 109 Å². The summed E-state index contributed by atoms with van der Waals surface area (Å²) in [7, 11) is 1.49. The average Bonchev–Trinajstić information content (AvgIpc) is 2.74. The van der Waals surface area contributed by atoms with Crippen LogP contribution in [0.4, 0.5) is 5.82 Å². The molecule has 0 aliphatic carbocycles. The van der Waals surface area contributed by atoms with Crippen LogP contribution < -0.4 is 10.1 Å². The lowest BCUT2D eigenvalue weighted by molar-refractivity contribution is 0.102. The molecule has 1 N–H and O–H groups in total. The molecule has 1 aromatic carbocycles. The van der Waals surface area contributed by atoms with Crippen molar-refractivity contribution >= 4 is 23.3 Å². The van der Waals surface area contributed by atoms with Gasteiger partial charge < -0.3 is 14.6 Å². The van der Waals surface area contributed by atoms with Gasteiger partial charge in [-0.1, -0.05) is 16.8 Å². The van der Waals surface area contributed by atoms with Crippen molar-refractivity contribution in [1.29, 1.82) is 0 Å². The van der Waals surface area contributed by atoms with Gasteiger partial charge in [-0.05, 0) is 25.1 Å². The molecule has 2 rings (SSSR count). The minimum absolute atomic E-state index is 0.339. The molecule has 0 saturated carbocycles. The minimum Gasteiger partial charge on any atom is -0.496 e. The van der Waals surface area contributed by atoms with Crippen LogP contribution in [-0.2, 0) is 0 Å². The number of carbonyl (C=O) groups is 1. The highest BCUT2D eigenvalue weighted by Gasteiger charge is 2.14. The lowest BCUT2D eigenvalue weighted by atomic mass is 10.2. The van der Waals surface area contributed by atoms with Crippen LogP contribution in [0.5, 0.6) is 5.75 Å². The van der Waals surface area contributed by atoms with E-state index in [0.717, 1.165) is 0 Å². The SMILES string of the molecule is COc1ccc(Cl)cc1C(=O)Nc1cc(C)on1. The molecular formula is C12H11ClN2O3. The number of rotatable bonds is 3. The summed E-state index contributed by atoms with van der Waals surface area (Å²) in [5.74, 6) is 1.04. The van der Waals surface area contributed by atoms with Gasteiger partial charge in [-0.3, -0.25) is 4.79 Å².